The average Bonchev–Trinajstić information content (AvgIpc) is 2.57. The summed E-state index contributed by atoms with van der Waals surface area (Å²) in [6.45, 7) is 3.38. The van der Waals surface area contributed by atoms with Crippen molar-refractivity contribution in [2.75, 3.05) is 19.8 Å². The molecule has 0 rings (SSSR count). The molecule has 0 aromatic carbocycles. The van der Waals surface area contributed by atoms with Crippen molar-refractivity contribution in [2.24, 2.45) is 11.5 Å². The number of rotatable bonds is 10. The van der Waals surface area contributed by atoms with Gasteiger partial charge < -0.3 is 47.4 Å². The summed E-state index contributed by atoms with van der Waals surface area (Å²) in [7, 11) is 0. The lowest BCUT2D eigenvalue weighted by molar-refractivity contribution is -0.141. The van der Waals surface area contributed by atoms with Crippen molar-refractivity contribution < 1.29 is 45.0 Å². The van der Waals surface area contributed by atoms with Gasteiger partial charge in [-0.05, 0) is 26.3 Å². The number of nitrogens with one attached hydrogen (secondary N) is 1. The summed E-state index contributed by atoms with van der Waals surface area (Å²) in [6, 6.07) is -2.88. The van der Waals surface area contributed by atoms with Crippen LogP contribution in [0.1, 0.15) is 26.7 Å². The third-order valence-electron chi connectivity index (χ3n) is 2.68. The first kappa shape index (κ1) is 29.0. The van der Waals surface area contributed by atoms with Gasteiger partial charge in [-0.3, -0.25) is 14.4 Å². The summed E-state index contributed by atoms with van der Waals surface area (Å²) >= 11 is 0. The van der Waals surface area contributed by atoms with Crippen molar-refractivity contribution >= 4 is 17.9 Å². The lowest BCUT2D eigenvalue weighted by atomic mass is 10.2. The van der Waals surface area contributed by atoms with E-state index in [1.807, 2.05) is 6.92 Å². The van der Waals surface area contributed by atoms with Crippen molar-refractivity contribution in [3.8, 4) is 0 Å². The second kappa shape index (κ2) is 18.0. The summed E-state index contributed by atoms with van der Waals surface area (Å²) < 4.78 is 0. The SMILES string of the molecule is CC(O)C(N)C(=O)O.CCCNC(CCO)C(=O)O.NC(CO)C(=O)O. The van der Waals surface area contributed by atoms with Crippen molar-refractivity contribution in [1.29, 1.82) is 0 Å². The van der Waals surface area contributed by atoms with Gasteiger partial charge in [0.1, 0.15) is 18.1 Å². The van der Waals surface area contributed by atoms with Crippen LogP contribution < -0.4 is 16.8 Å². The highest BCUT2D eigenvalue weighted by molar-refractivity contribution is 5.74. The maximum atomic E-state index is 10.4. The van der Waals surface area contributed by atoms with E-state index in [2.05, 4.69) is 5.32 Å². The van der Waals surface area contributed by atoms with Gasteiger partial charge in [-0.15, -0.1) is 0 Å². The van der Waals surface area contributed by atoms with Gasteiger partial charge in [0.2, 0.25) is 0 Å². The summed E-state index contributed by atoms with van der Waals surface area (Å²) in [4.78, 5) is 29.9. The van der Waals surface area contributed by atoms with Gasteiger partial charge in [-0.2, -0.15) is 0 Å². The van der Waals surface area contributed by atoms with E-state index >= 15 is 0 Å². The van der Waals surface area contributed by atoms with Crippen LogP contribution in [0.2, 0.25) is 0 Å². The molecule has 0 amide bonds. The number of carboxylic acids is 3. The highest BCUT2D eigenvalue weighted by atomic mass is 16.4. The first-order valence-electron chi connectivity index (χ1n) is 7.78. The van der Waals surface area contributed by atoms with Crippen LogP contribution in [0.5, 0.6) is 0 Å². The number of aliphatic hydroxyl groups is 3. The van der Waals surface area contributed by atoms with Gasteiger partial charge in [0.05, 0.1) is 12.7 Å². The highest BCUT2D eigenvalue weighted by Gasteiger charge is 2.16. The van der Waals surface area contributed by atoms with Crippen LogP contribution in [0, 0.1) is 0 Å². The minimum absolute atomic E-state index is 0.0896. The maximum absolute atomic E-state index is 10.4. The molecule has 0 aliphatic heterocycles. The Morgan fingerprint density at radius 2 is 1.50 bits per heavy atom. The lowest BCUT2D eigenvalue weighted by Crippen LogP contribution is -2.39. The number of carbonyl (C=O) groups is 3. The van der Waals surface area contributed by atoms with E-state index in [4.69, 9.17) is 42.1 Å². The van der Waals surface area contributed by atoms with E-state index in [0.717, 1.165) is 6.42 Å². The minimum Gasteiger partial charge on any atom is -0.480 e. The molecule has 0 aromatic rings. The fourth-order valence-corrected chi connectivity index (χ4v) is 1.04. The van der Waals surface area contributed by atoms with E-state index in [1.54, 1.807) is 0 Å². The molecule has 0 spiro atoms. The van der Waals surface area contributed by atoms with Crippen molar-refractivity contribution in [2.45, 2.75) is 50.9 Å². The topological polar surface area (TPSA) is 237 Å². The van der Waals surface area contributed by atoms with E-state index < -0.39 is 48.7 Å². The molecule has 26 heavy (non-hydrogen) atoms. The summed E-state index contributed by atoms with van der Waals surface area (Å²) in [6.07, 6.45) is 0.192. The van der Waals surface area contributed by atoms with E-state index in [-0.39, 0.29) is 13.0 Å². The second-order valence-corrected chi connectivity index (χ2v) is 5.09. The Balaban J connectivity index is -0.000000315. The van der Waals surface area contributed by atoms with Gasteiger partial charge in [0, 0.05) is 6.61 Å². The molecule has 0 bridgehead atoms. The van der Waals surface area contributed by atoms with Gasteiger partial charge in [-0.1, -0.05) is 6.92 Å². The average molecular weight is 385 g/mol. The van der Waals surface area contributed by atoms with Crippen LogP contribution >= 0.6 is 0 Å². The smallest absolute Gasteiger partial charge is 0.323 e. The van der Waals surface area contributed by atoms with Gasteiger partial charge in [0.15, 0.2) is 0 Å². The minimum atomic E-state index is -1.18. The Morgan fingerprint density at radius 3 is 1.65 bits per heavy atom. The van der Waals surface area contributed by atoms with E-state index in [1.165, 1.54) is 6.92 Å². The van der Waals surface area contributed by atoms with E-state index in [0.29, 0.717) is 6.54 Å². The number of hydrogen-bond donors (Lipinski definition) is 9. The molecular weight excluding hydrogens is 354 g/mol. The Morgan fingerprint density at radius 1 is 1.00 bits per heavy atom. The number of nitrogens with two attached hydrogens (primary N) is 2. The van der Waals surface area contributed by atoms with Crippen molar-refractivity contribution in [3.63, 3.8) is 0 Å². The van der Waals surface area contributed by atoms with Crippen molar-refractivity contribution in [3.05, 3.63) is 0 Å². The molecule has 11 N–H and O–H groups in total. The van der Waals surface area contributed by atoms with Crippen LogP contribution in [0.15, 0.2) is 0 Å². The molecule has 0 aliphatic rings. The first-order chi connectivity index (χ1) is 12.0. The van der Waals surface area contributed by atoms with Crippen LogP contribution in [-0.2, 0) is 14.4 Å². The normalized spacial score (nSPS) is 14.4. The Bertz CT molecular complexity index is 394. The molecule has 0 saturated heterocycles. The van der Waals surface area contributed by atoms with Crippen molar-refractivity contribution in [1.82, 2.24) is 5.32 Å². The molecule has 0 saturated carbocycles. The third kappa shape index (κ3) is 18.5. The predicted octanol–water partition coefficient (Wildman–Crippen LogP) is -3.01. The number of aliphatic carboxylic acids is 3. The van der Waals surface area contributed by atoms with Crippen LogP contribution in [-0.4, -0.2) is 92.5 Å². The van der Waals surface area contributed by atoms with Crippen LogP contribution in [0.25, 0.3) is 0 Å². The summed E-state index contributed by atoms with van der Waals surface area (Å²) in [5.74, 6) is -3.25. The molecule has 0 fully saturated rings. The summed E-state index contributed by atoms with van der Waals surface area (Å²) in [5, 5.41) is 52.3. The predicted molar refractivity (Wildman–Crippen MR) is 91.4 cm³/mol. The van der Waals surface area contributed by atoms with E-state index in [9.17, 15) is 14.4 Å². The molecule has 12 heteroatoms. The second-order valence-electron chi connectivity index (χ2n) is 5.09. The number of aliphatic hydroxyl groups excluding tert-OH is 3. The molecule has 0 heterocycles. The first-order valence-corrected chi connectivity index (χ1v) is 7.78. The molecule has 4 unspecified atom stereocenters. The Kier molecular flexibility index (Phi) is 20.0. The lowest BCUT2D eigenvalue weighted by Gasteiger charge is -2.11. The largest absolute Gasteiger partial charge is 0.480 e. The summed E-state index contributed by atoms with van der Waals surface area (Å²) in [5.41, 5.74) is 9.68. The Labute approximate surface area is 151 Å². The molecule has 4 atom stereocenters. The quantitative estimate of drug-likeness (QED) is 0.183. The zero-order chi connectivity index (χ0) is 21.3. The van der Waals surface area contributed by atoms with Gasteiger partial charge in [-0.25, -0.2) is 0 Å². The Hall–Kier alpha value is -1.83. The van der Waals surface area contributed by atoms with Gasteiger partial charge >= 0.3 is 17.9 Å². The zero-order valence-corrected chi connectivity index (χ0v) is 14.9. The number of hydrogen-bond acceptors (Lipinski definition) is 9. The maximum Gasteiger partial charge on any atom is 0.323 e. The third-order valence-corrected chi connectivity index (χ3v) is 2.68. The van der Waals surface area contributed by atoms with Crippen LogP contribution in [0.4, 0.5) is 0 Å². The fourth-order valence-electron chi connectivity index (χ4n) is 1.04. The van der Waals surface area contributed by atoms with Crippen LogP contribution in [0.3, 0.4) is 0 Å². The number of carboxylic acid groups (broad SMARTS) is 3. The standard InChI is InChI=1S/C7H15NO3.C4H9NO3.C3H7NO3/c1-2-4-8-6(3-5-9)7(10)11;1-2(6)3(5)4(7)8;4-2(1-5)3(6)7/h6,8-9H,2-5H2,1H3,(H,10,11);2-3,6H,5H2,1H3,(H,7,8);2,5H,1,4H2,(H,6,7). The highest BCUT2D eigenvalue weighted by Crippen LogP contribution is 1.90. The molecular formula is C14H31N3O9. The molecule has 12 nitrogen and oxygen atoms in total. The molecule has 156 valence electrons. The molecule has 0 radical (unpaired) electrons. The molecule has 0 aliphatic carbocycles. The van der Waals surface area contributed by atoms with Gasteiger partial charge in [0.25, 0.3) is 0 Å². The zero-order valence-electron chi connectivity index (χ0n) is 14.9. The molecule has 0 aromatic heterocycles. The monoisotopic (exact) mass is 385 g/mol. The fraction of sp³-hybridized carbons (Fsp3) is 0.786.